The van der Waals surface area contributed by atoms with Crippen molar-refractivity contribution < 1.29 is 37.3 Å². The molecule has 1 saturated carbocycles. The summed E-state index contributed by atoms with van der Waals surface area (Å²) in [6.45, 7) is 2.62. The van der Waals surface area contributed by atoms with Gasteiger partial charge in [-0.05, 0) is 25.0 Å². The van der Waals surface area contributed by atoms with Crippen molar-refractivity contribution in [1.82, 2.24) is 9.88 Å². The average molecular weight is 404 g/mol. The highest BCUT2D eigenvalue weighted by Gasteiger charge is 2.47. The lowest BCUT2D eigenvalue weighted by atomic mass is 9.89. The molecule has 1 aromatic heterocycles. The van der Waals surface area contributed by atoms with Crippen LogP contribution in [0.5, 0.6) is 0 Å². The Morgan fingerprint density at radius 3 is 2.75 bits per heavy atom. The van der Waals surface area contributed by atoms with Gasteiger partial charge in [-0.2, -0.15) is 13.2 Å². The van der Waals surface area contributed by atoms with E-state index in [9.17, 15) is 18.0 Å². The van der Waals surface area contributed by atoms with Crippen LogP contribution in [0.3, 0.4) is 0 Å². The maximum Gasteiger partial charge on any atom is 0.490 e. The molecule has 1 aromatic rings. The number of amides is 1. The fourth-order valence-electron chi connectivity index (χ4n) is 3.60. The molecule has 1 saturated heterocycles. The topological polar surface area (TPSA) is 89.0 Å². The van der Waals surface area contributed by atoms with Gasteiger partial charge in [-0.25, -0.2) is 4.79 Å². The van der Waals surface area contributed by atoms with Crippen LogP contribution in [-0.2, 0) is 14.3 Å². The van der Waals surface area contributed by atoms with Crippen molar-refractivity contribution in [3.8, 4) is 0 Å². The Labute approximate surface area is 160 Å². The van der Waals surface area contributed by atoms with Crippen molar-refractivity contribution in [3.05, 3.63) is 30.1 Å². The highest BCUT2D eigenvalue weighted by Crippen LogP contribution is 2.41. The number of halogens is 3. The smallest absolute Gasteiger partial charge is 0.475 e. The normalized spacial score (nSPS) is 24.6. The summed E-state index contributed by atoms with van der Waals surface area (Å²) >= 11 is 0. The van der Waals surface area contributed by atoms with E-state index < -0.39 is 12.1 Å². The number of ether oxygens (including phenoxy) is 2. The molecule has 10 heteroatoms. The number of morpholine rings is 1. The van der Waals surface area contributed by atoms with Gasteiger partial charge < -0.3 is 19.5 Å². The molecule has 1 spiro atoms. The van der Waals surface area contributed by atoms with Crippen LogP contribution in [0.25, 0.3) is 0 Å². The molecule has 1 amide bonds. The second kappa shape index (κ2) is 9.33. The molecule has 0 aromatic carbocycles. The molecule has 2 fully saturated rings. The number of aromatic nitrogens is 1. The van der Waals surface area contributed by atoms with Crippen molar-refractivity contribution >= 4 is 11.9 Å². The molecular formula is C18H23F3N2O5. The molecule has 2 heterocycles. The molecule has 0 radical (unpaired) electrons. The van der Waals surface area contributed by atoms with E-state index in [-0.39, 0.29) is 11.5 Å². The lowest BCUT2D eigenvalue weighted by Gasteiger charge is -2.44. The Hall–Kier alpha value is -2.20. The van der Waals surface area contributed by atoms with Gasteiger partial charge in [0.1, 0.15) is 0 Å². The summed E-state index contributed by atoms with van der Waals surface area (Å²) in [5.41, 5.74) is 0.433. The van der Waals surface area contributed by atoms with Crippen molar-refractivity contribution in [2.45, 2.75) is 31.0 Å². The third kappa shape index (κ3) is 5.41. The van der Waals surface area contributed by atoms with E-state index in [1.165, 1.54) is 0 Å². The number of carboxylic acids is 1. The van der Waals surface area contributed by atoms with Gasteiger partial charge in [-0.1, -0.05) is 6.42 Å². The van der Waals surface area contributed by atoms with Gasteiger partial charge in [0, 0.05) is 32.0 Å². The van der Waals surface area contributed by atoms with Crippen LogP contribution >= 0.6 is 0 Å². The van der Waals surface area contributed by atoms with Gasteiger partial charge in [0.25, 0.3) is 5.91 Å². The number of alkyl halides is 3. The van der Waals surface area contributed by atoms with Crippen molar-refractivity contribution in [2.24, 2.45) is 5.92 Å². The Morgan fingerprint density at radius 1 is 1.46 bits per heavy atom. The van der Waals surface area contributed by atoms with Crippen molar-refractivity contribution in [3.63, 3.8) is 0 Å². The molecule has 3 rings (SSSR count). The second-order valence-corrected chi connectivity index (χ2v) is 6.73. The molecule has 156 valence electrons. The highest BCUT2D eigenvalue weighted by atomic mass is 19.4. The molecule has 2 atom stereocenters. The van der Waals surface area contributed by atoms with E-state index in [2.05, 4.69) is 4.98 Å². The van der Waals surface area contributed by atoms with Gasteiger partial charge in [0.2, 0.25) is 0 Å². The van der Waals surface area contributed by atoms with E-state index in [0.29, 0.717) is 37.8 Å². The number of nitrogens with zero attached hydrogens (tertiary/aromatic N) is 2. The van der Waals surface area contributed by atoms with Gasteiger partial charge in [-0.15, -0.1) is 0 Å². The van der Waals surface area contributed by atoms with E-state index in [1.807, 2.05) is 11.0 Å². The summed E-state index contributed by atoms with van der Waals surface area (Å²) in [5.74, 6) is -2.33. The molecular weight excluding hydrogens is 381 g/mol. The third-order valence-corrected chi connectivity index (χ3v) is 4.91. The molecule has 28 heavy (non-hydrogen) atoms. The van der Waals surface area contributed by atoms with Gasteiger partial charge in [0.15, 0.2) is 0 Å². The number of methoxy groups -OCH3 is 1. The van der Waals surface area contributed by atoms with Crippen LogP contribution in [0.4, 0.5) is 13.2 Å². The minimum Gasteiger partial charge on any atom is -0.475 e. The number of aliphatic carboxylic acids is 1. The minimum absolute atomic E-state index is 0.0499. The molecule has 0 unspecified atom stereocenters. The summed E-state index contributed by atoms with van der Waals surface area (Å²) in [6.07, 6.45) is 1.50. The fourth-order valence-corrected chi connectivity index (χ4v) is 3.60. The average Bonchev–Trinajstić information content (AvgIpc) is 3.03. The van der Waals surface area contributed by atoms with Crippen LogP contribution in [0.2, 0.25) is 0 Å². The molecule has 0 bridgehead atoms. The predicted octanol–water partition coefficient (Wildman–Crippen LogP) is 2.37. The van der Waals surface area contributed by atoms with Gasteiger partial charge in [0.05, 0.1) is 30.9 Å². The molecule has 1 N–H and O–H groups in total. The first-order chi connectivity index (χ1) is 13.2. The SMILES string of the molecule is COC[C@@H]1CCC[C@@]12CN(C(=O)c1cccnc1)CCO2.O=C(O)C(F)(F)F. The maximum atomic E-state index is 12.6. The summed E-state index contributed by atoms with van der Waals surface area (Å²) in [5, 5.41) is 7.12. The number of hydrogen-bond acceptors (Lipinski definition) is 5. The number of pyridine rings is 1. The largest absolute Gasteiger partial charge is 0.490 e. The quantitative estimate of drug-likeness (QED) is 0.832. The predicted molar refractivity (Wildman–Crippen MR) is 91.7 cm³/mol. The zero-order valence-corrected chi connectivity index (χ0v) is 15.4. The standard InChI is InChI=1S/C16H22N2O3.C2HF3O2/c1-20-11-14-5-2-6-16(14)12-18(8-9-21-16)15(19)13-4-3-7-17-10-13;3-2(4,5)1(6)7/h3-4,7,10,14H,2,5-6,8-9,11-12H2,1H3;(H,6,7)/t14-,16+;/m0./s1. The van der Waals surface area contributed by atoms with Crippen LogP contribution in [0.15, 0.2) is 24.5 Å². The Bertz CT molecular complexity index is 671. The summed E-state index contributed by atoms with van der Waals surface area (Å²) in [6, 6.07) is 3.62. The Balaban J connectivity index is 0.000000345. The third-order valence-electron chi connectivity index (χ3n) is 4.91. The van der Waals surface area contributed by atoms with Crippen LogP contribution in [-0.4, -0.2) is 72.1 Å². The van der Waals surface area contributed by atoms with Crippen molar-refractivity contribution in [1.29, 1.82) is 0 Å². The Kier molecular flexibility index (Phi) is 7.36. The molecule has 1 aliphatic carbocycles. The lowest BCUT2D eigenvalue weighted by Crippen LogP contribution is -2.56. The first kappa shape index (κ1) is 22.1. The number of carbonyl (C=O) groups is 2. The number of carboxylic acid groups (broad SMARTS) is 1. The monoisotopic (exact) mass is 404 g/mol. The van der Waals surface area contributed by atoms with Crippen LogP contribution < -0.4 is 0 Å². The molecule has 2 aliphatic rings. The van der Waals surface area contributed by atoms with E-state index in [4.69, 9.17) is 19.4 Å². The first-order valence-corrected chi connectivity index (χ1v) is 8.82. The van der Waals surface area contributed by atoms with E-state index in [1.54, 1.807) is 25.6 Å². The first-order valence-electron chi connectivity index (χ1n) is 8.82. The molecule has 1 aliphatic heterocycles. The lowest BCUT2D eigenvalue weighted by molar-refractivity contribution is -0.192. The Morgan fingerprint density at radius 2 is 2.18 bits per heavy atom. The highest BCUT2D eigenvalue weighted by molar-refractivity contribution is 5.94. The number of carbonyl (C=O) groups excluding carboxylic acids is 1. The number of rotatable bonds is 3. The zero-order valence-electron chi connectivity index (χ0n) is 15.4. The van der Waals surface area contributed by atoms with E-state index in [0.717, 1.165) is 19.3 Å². The van der Waals surface area contributed by atoms with Crippen LogP contribution in [0.1, 0.15) is 29.6 Å². The van der Waals surface area contributed by atoms with Crippen molar-refractivity contribution in [2.75, 3.05) is 33.4 Å². The van der Waals surface area contributed by atoms with Crippen LogP contribution in [0, 0.1) is 5.92 Å². The summed E-state index contributed by atoms with van der Waals surface area (Å²) in [4.78, 5) is 27.4. The minimum atomic E-state index is -5.08. The summed E-state index contributed by atoms with van der Waals surface area (Å²) in [7, 11) is 1.73. The maximum absolute atomic E-state index is 12.6. The summed E-state index contributed by atoms with van der Waals surface area (Å²) < 4.78 is 43.2. The second-order valence-electron chi connectivity index (χ2n) is 6.73. The van der Waals surface area contributed by atoms with Gasteiger partial charge in [-0.3, -0.25) is 9.78 Å². The van der Waals surface area contributed by atoms with Gasteiger partial charge >= 0.3 is 12.1 Å². The molecule has 7 nitrogen and oxygen atoms in total. The van der Waals surface area contributed by atoms with E-state index >= 15 is 0 Å². The fraction of sp³-hybridized carbons (Fsp3) is 0.611. The number of hydrogen-bond donors (Lipinski definition) is 1. The zero-order chi connectivity index (χ0) is 20.8.